The Balaban J connectivity index is 1.64. The molecule has 1 aromatic carbocycles. The third-order valence-corrected chi connectivity index (χ3v) is 3.61. The van der Waals surface area contributed by atoms with Gasteiger partial charge in [-0.15, -0.1) is 0 Å². The van der Waals surface area contributed by atoms with Gasteiger partial charge in [0.15, 0.2) is 0 Å². The molecule has 0 radical (unpaired) electrons. The van der Waals surface area contributed by atoms with Gasteiger partial charge in [0, 0.05) is 32.0 Å². The molecule has 2 aromatic rings. The van der Waals surface area contributed by atoms with Gasteiger partial charge in [-0.05, 0) is 17.7 Å². The molecule has 1 aromatic heterocycles. The second-order valence-corrected chi connectivity index (χ2v) is 5.41. The standard InChI is InChI=1S/C17H18N4O2/c18-9-14-2-1-3-15(8-14)11-21-6-7-22-13-16(12-21)23-17-10-19-4-5-20-17/h1-5,8,10,16H,6-7,11-13H2. The summed E-state index contributed by atoms with van der Waals surface area (Å²) in [6.07, 6.45) is 4.74. The van der Waals surface area contributed by atoms with Crippen molar-refractivity contribution in [3.05, 3.63) is 54.0 Å². The van der Waals surface area contributed by atoms with Crippen molar-refractivity contribution >= 4 is 0 Å². The monoisotopic (exact) mass is 310 g/mol. The van der Waals surface area contributed by atoms with Gasteiger partial charge < -0.3 is 9.47 Å². The van der Waals surface area contributed by atoms with Crippen LogP contribution in [0.2, 0.25) is 0 Å². The zero-order valence-corrected chi connectivity index (χ0v) is 12.8. The van der Waals surface area contributed by atoms with Crippen molar-refractivity contribution in [2.24, 2.45) is 0 Å². The van der Waals surface area contributed by atoms with E-state index < -0.39 is 0 Å². The third kappa shape index (κ3) is 4.49. The summed E-state index contributed by atoms with van der Waals surface area (Å²) in [6, 6.07) is 9.86. The van der Waals surface area contributed by atoms with Gasteiger partial charge in [0.2, 0.25) is 5.88 Å². The quantitative estimate of drug-likeness (QED) is 0.855. The van der Waals surface area contributed by atoms with Crippen molar-refractivity contribution in [1.29, 1.82) is 5.26 Å². The minimum atomic E-state index is -0.0895. The Morgan fingerprint density at radius 2 is 2.35 bits per heavy atom. The highest BCUT2D eigenvalue weighted by Crippen LogP contribution is 2.13. The number of ether oxygens (including phenoxy) is 2. The molecular formula is C17H18N4O2. The first-order valence-corrected chi connectivity index (χ1v) is 7.55. The average Bonchev–Trinajstić information content (AvgIpc) is 2.81. The van der Waals surface area contributed by atoms with E-state index in [0.29, 0.717) is 24.7 Å². The van der Waals surface area contributed by atoms with E-state index in [1.807, 2.05) is 24.3 Å². The van der Waals surface area contributed by atoms with Gasteiger partial charge >= 0.3 is 0 Å². The second-order valence-electron chi connectivity index (χ2n) is 5.41. The normalized spacial score (nSPS) is 18.8. The maximum Gasteiger partial charge on any atom is 0.232 e. The summed E-state index contributed by atoms with van der Waals surface area (Å²) in [5.41, 5.74) is 1.80. The van der Waals surface area contributed by atoms with Crippen molar-refractivity contribution in [3.8, 4) is 11.9 Å². The molecule has 0 saturated carbocycles. The van der Waals surface area contributed by atoms with Crippen molar-refractivity contribution in [3.63, 3.8) is 0 Å². The predicted molar refractivity (Wildman–Crippen MR) is 83.7 cm³/mol. The first-order valence-electron chi connectivity index (χ1n) is 7.55. The SMILES string of the molecule is N#Cc1cccc(CN2CCOCC(Oc3cnccn3)C2)c1. The molecule has 6 nitrogen and oxygen atoms in total. The number of nitriles is 1. The van der Waals surface area contributed by atoms with Crippen LogP contribution in [0.15, 0.2) is 42.9 Å². The molecule has 1 atom stereocenters. The molecule has 0 bridgehead atoms. The van der Waals surface area contributed by atoms with Crippen LogP contribution in [0, 0.1) is 11.3 Å². The number of nitrogens with zero attached hydrogens (tertiary/aromatic N) is 4. The molecule has 0 N–H and O–H groups in total. The highest BCUT2D eigenvalue weighted by molar-refractivity contribution is 5.32. The lowest BCUT2D eigenvalue weighted by molar-refractivity contribution is 0.0681. The lowest BCUT2D eigenvalue weighted by Gasteiger charge is -2.23. The van der Waals surface area contributed by atoms with Crippen LogP contribution in [0.25, 0.3) is 0 Å². The maximum absolute atomic E-state index is 9.00. The zero-order valence-electron chi connectivity index (χ0n) is 12.8. The van der Waals surface area contributed by atoms with Gasteiger partial charge in [-0.3, -0.25) is 9.88 Å². The topological polar surface area (TPSA) is 71.3 Å². The second kappa shape index (κ2) is 7.68. The fraction of sp³-hybridized carbons (Fsp3) is 0.353. The van der Waals surface area contributed by atoms with Crippen LogP contribution in [-0.4, -0.2) is 47.3 Å². The van der Waals surface area contributed by atoms with Crippen molar-refractivity contribution < 1.29 is 9.47 Å². The van der Waals surface area contributed by atoms with Crippen LogP contribution in [-0.2, 0) is 11.3 Å². The van der Waals surface area contributed by atoms with E-state index in [0.717, 1.165) is 25.2 Å². The molecule has 6 heteroatoms. The highest BCUT2D eigenvalue weighted by Gasteiger charge is 2.20. The van der Waals surface area contributed by atoms with Gasteiger partial charge in [-0.1, -0.05) is 12.1 Å². The summed E-state index contributed by atoms with van der Waals surface area (Å²) in [5, 5.41) is 9.00. The van der Waals surface area contributed by atoms with Crippen LogP contribution in [0.1, 0.15) is 11.1 Å². The summed E-state index contributed by atoms with van der Waals surface area (Å²) >= 11 is 0. The maximum atomic E-state index is 9.00. The van der Waals surface area contributed by atoms with E-state index in [1.165, 1.54) is 0 Å². The molecule has 23 heavy (non-hydrogen) atoms. The van der Waals surface area contributed by atoms with Crippen LogP contribution in [0.5, 0.6) is 5.88 Å². The fourth-order valence-corrected chi connectivity index (χ4v) is 2.57. The van der Waals surface area contributed by atoms with E-state index in [4.69, 9.17) is 14.7 Å². The molecule has 1 aliphatic heterocycles. The Kier molecular flexibility index (Phi) is 5.14. The van der Waals surface area contributed by atoms with Crippen molar-refractivity contribution in [2.75, 3.05) is 26.3 Å². The molecule has 0 amide bonds. The van der Waals surface area contributed by atoms with Crippen LogP contribution in [0.3, 0.4) is 0 Å². The highest BCUT2D eigenvalue weighted by atomic mass is 16.5. The van der Waals surface area contributed by atoms with E-state index in [9.17, 15) is 0 Å². The summed E-state index contributed by atoms with van der Waals surface area (Å²) in [6.45, 7) is 3.53. The predicted octanol–water partition coefficient (Wildman–Crippen LogP) is 1.63. The Labute approximate surface area is 135 Å². The molecule has 3 rings (SSSR count). The molecule has 0 spiro atoms. The molecule has 1 aliphatic rings. The Hall–Kier alpha value is -2.49. The van der Waals surface area contributed by atoms with Gasteiger partial charge in [-0.2, -0.15) is 5.26 Å². The zero-order chi connectivity index (χ0) is 15.9. The van der Waals surface area contributed by atoms with Crippen molar-refractivity contribution in [1.82, 2.24) is 14.9 Å². The van der Waals surface area contributed by atoms with Gasteiger partial charge in [0.1, 0.15) is 6.10 Å². The average molecular weight is 310 g/mol. The molecule has 1 unspecified atom stereocenters. The molecule has 0 aliphatic carbocycles. The van der Waals surface area contributed by atoms with Crippen LogP contribution in [0.4, 0.5) is 0 Å². The largest absolute Gasteiger partial charge is 0.469 e. The number of hydrogen-bond donors (Lipinski definition) is 0. The smallest absolute Gasteiger partial charge is 0.232 e. The van der Waals surface area contributed by atoms with Gasteiger partial charge in [0.25, 0.3) is 0 Å². The number of hydrogen-bond acceptors (Lipinski definition) is 6. The number of aromatic nitrogens is 2. The molecular weight excluding hydrogens is 292 g/mol. The summed E-state index contributed by atoms with van der Waals surface area (Å²) < 4.78 is 11.5. The van der Waals surface area contributed by atoms with Gasteiger partial charge in [0.05, 0.1) is 31.0 Å². The number of rotatable bonds is 4. The van der Waals surface area contributed by atoms with Crippen LogP contribution >= 0.6 is 0 Å². The van der Waals surface area contributed by atoms with Crippen molar-refractivity contribution in [2.45, 2.75) is 12.6 Å². The molecule has 1 saturated heterocycles. The summed E-state index contributed by atoms with van der Waals surface area (Å²) in [4.78, 5) is 10.4. The summed E-state index contributed by atoms with van der Waals surface area (Å²) in [5.74, 6) is 0.509. The van der Waals surface area contributed by atoms with E-state index in [-0.39, 0.29) is 6.10 Å². The third-order valence-electron chi connectivity index (χ3n) is 3.61. The Morgan fingerprint density at radius 3 is 3.17 bits per heavy atom. The molecule has 118 valence electrons. The fourth-order valence-electron chi connectivity index (χ4n) is 2.57. The van der Waals surface area contributed by atoms with Crippen LogP contribution < -0.4 is 4.74 Å². The van der Waals surface area contributed by atoms with E-state index >= 15 is 0 Å². The number of benzene rings is 1. The van der Waals surface area contributed by atoms with E-state index in [1.54, 1.807) is 18.6 Å². The molecule has 2 heterocycles. The minimum Gasteiger partial charge on any atom is -0.469 e. The lowest BCUT2D eigenvalue weighted by Crippen LogP contribution is -2.35. The first kappa shape index (κ1) is 15.4. The molecule has 1 fully saturated rings. The Morgan fingerprint density at radius 1 is 1.39 bits per heavy atom. The first-order chi connectivity index (χ1) is 11.3. The lowest BCUT2D eigenvalue weighted by atomic mass is 10.1. The summed E-state index contributed by atoms with van der Waals surface area (Å²) in [7, 11) is 0. The van der Waals surface area contributed by atoms with Gasteiger partial charge in [-0.25, -0.2) is 4.98 Å². The van der Waals surface area contributed by atoms with E-state index in [2.05, 4.69) is 20.9 Å². The minimum absolute atomic E-state index is 0.0895. The Bertz CT molecular complexity index is 672.